The number of hydrogen-bond donors (Lipinski definition) is 1. The van der Waals surface area contributed by atoms with Crippen LogP contribution in [0.3, 0.4) is 0 Å². The van der Waals surface area contributed by atoms with Crippen LogP contribution in [0.25, 0.3) is 0 Å². The summed E-state index contributed by atoms with van der Waals surface area (Å²) in [6.07, 6.45) is 1.39. The first-order valence-electron chi connectivity index (χ1n) is 8.22. The lowest BCUT2D eigenvalue weighted by molar-refractivity contribution is 0.102. The minimum atomic E-state index is -0.314. The molecule has 0 unspecified atom stereocenters. The van der Waals surface area contributed by atoms with Crippen molar-refractivity contribution in [2.75, 3.05) is 11.9 Å². The van der Waals surface area contributed by atoms with Gasteiger partial charge in [0.2, 0.25) is 5.88 Å². The number of nitrogens with zero attached hydrogens (tertiary/aromatic N) is 1. The highest BCUT2D eigenvalue weighted by Crippen LogP contribution is 2.27. The van der Waals surface area contributed by atoms with Crippen molar-refractivity contribution in [2.24, 2.45) is 5.92 Å². The van der Waals surface area contributed by atoms with E-state index in [1.54, 1.807) is 12.1 Å². The lowest BCUT2D eigenvalue weighted by Gasteiger charge is -2.14. The van der Waals surface area contributed by atoms with Gasteiger partial charge in [0.1, 0.15) is 10.8 Å². The first-order chi connectivity index (χ1) is 11.9. The Labute approximate surface area is 153 Å². The number of ether oxygens (including phenoxy) is 2. The van der Waals surface area contributed by atoms with Crippen molar-refractivity contribution in [3.63, 3.8) is 0 Å². The Kier molecular flexibility index (Phi) is 6.65. The van der Waals surface area contributed by atoms with Crippen molar-refractivity contribution in [1.29, 1.82) is 0 Å². The Balaban J connectivity index is 2.13. The summed E-state index contributed by atoms with van der Waals surface area (Å²) >= 11 is 6.14. The molecule has 1 amide bonds. The van der Waals surface area contributed by atoms with Gasteiger partial charge in [0.05, 0.1) is 24.0 Å². The number of carbonyl (C=O) groups excluding carboxylic acids is 1. The molecule has 0 atom stereocenters. The number of anilines is 1. The van der Waals surface area contributed by atoms with Crippen LogP contribution in [0.1, 0.15) is 38.1 Å². The van der Waals surface area contributed by atoms with Gasteiger partial charge in [-0.15, -0.1) is 0 Å². The number of nitrogens with one attached hydrogen (secondary N) is 1. The Morgan fingerprint density at radius 1 is 1.24 bits per heavy atom. The average Bonchev–Trinajstić information content (AvgIpc) is 2.55. The molecular weight excluding hydrogens is 340 g/mol. The summed E-state index contributed by atoms with van der Waals surface area (Å²) in [5.41, 5.74) is 0.951. The first-order valence-corrected chi connectivity index (χ1v) is 8.60. The van der Waals surface area contributed by atoms with E-state index in [4.69, 9.17) is 21.1 Å². The SMILES string of the molecule is CC(C)COc1ccccc1NC(=O)c1cnc(OC(C)C)c(Cl)c1. The summed E-state index contributed by atoms with van der Waals surface area (Å²) in [6.45, 7) is 8.46. The minimum Gasteiger partial charge on any atom is -0.491 e. The van der Waals surface area contributed by atoms with E-state index in [2.05, 4.69) is 24.1 Å². The van der Waals surface area contributed by atoms with Gasteiger partial charge in [-0.25, -0.2) is 4.98 Å². The summed E-state index contributed by atoms with van der Waals surface area (Å²) in [5, 5.41) is 3.13. The topological polar surface area (TPSA) is 60.5 Å². The summed E-state index contributed by atoms with van der Waals surface area (Å²) in [7, 11) is 0. The Morgan fingerprint density at radius 2 is 1.96 bits per heavy atom. The smallest absolute Gasteiger partial charge is 0.257 e. The second kappa shape index (κ2) is 8.72. The van der Waals surface area contributed by atoms with Crippen molar-refractivity contribution < 1.29 is 14.3 Å². The van der Waals surface area contributed by atoms with E-state index in [1.807, 2.05) is 32.0 Å². The Morgan fingerprint density at radius 3 is 2.60 bits per heavy atom. The van der Waals surface area contributed by atoms with Crippen molar-refractivity contribution in [1.82, 2.24) is 4.98 Å². The molecule has 0 radical (unpaired) electrons. The molecule has 0 aliphatic heterocycles. The van der Waals surface area contributed by atoms with Crippen LogP contribution in [0.2, 0.25) is 5.02 Å². The van der Waals surface area contributed by atoms with Crippen LogP contribution < -0.4 is 14.8 Å². The average molecular weight is 363 g/mol. The standard InChI is InChI=1S/C19H23ClN2O3/c1-12(2)11-24-17-8-6-5-7-16(17)22-18(23)14-9-15(20)19(21-10-14)25-13(3)4/h5-10,12-13H,11H2,1-4H3,(H,22,23). The number of rotatable bonds is 7. The van der Waals surface area contributed by atoms with Crippen molar-refractivity contribution in [3.05, 3.63) is 47.1 Å². The summed E-state index contributed by atoms with van der Waals surface area (Å²) in [4.78, 5) is 16.6. The van der Waals surface area contributed by atoms with Gasteiger partial charge in [-0.05, 0) is 38.0 Å². The van der Waals surface area contributed by atoms with Gasteiger partial charge in [0.25, 0.3) is 5.91 Å². The number of carbonyl (C=O) groups is 1. The monoisotopic (exact) mass is 362 g/mol. The van der Waals surface area contributed by atoms with Crippen LogP contribution in [0, 0.1) is 5.92 Å². The quantitative estimate of drug-likeness (QED) is 0.767. The van der Waals surface area contributed by atoms with Gasteiger partial charge in [0.15, 0.2) is 0 Å². The lowest BCUT2D eigenvalue weighted by atomic mass is 10.2. The van der Waals surface area contributed by atoms with Gasteiger partial charge in [-0.1, -0.05) is 37.6 Å². The van der Waals surface area contributed by atoms with Gasteiger partial charge in [-0.2, -0.15) is 0 Å². The Bertz CT molecular complexity index is 732. The largest absolute Gasteiger partial charge is 0.491 e. The third-order valence-corrected chi connectivity index (χ3v) is 3.40. The maximum absolute atomic E-state index is 12.5. The van der Waals surface area contributed by atoms with E-state index in [0.717, 1.165) is 0 Å². The number of hydrogen-bond acceptors (Lipinski definition) is 4. The van der Waals surface area contributed by atoms with Gasteiger partial charge in [0, 0.05) is 6.20 Å². The van der Waals surface area contributed by atoms with Crippen LogP contribution in [-0.2, 0) is 0 Å². The molecule has 0 fully saturated rings. The molecule has 0 aliphatic carbocycles. The lowest BCUT2D eigenvalue weighted by Crippen LogP contribution is -2.15. The van der Waals surface area contributed by atoms with Crippen molar-refractivity contribution >= 4 is 23.2 Å². The van der Waals surface area contributed by atoms with Gasteiger partial charge < -0.3 is 14.8 Å². The zero-order valence-corrected chi connectivity index (χ0v) is 15.6. The molecule has 0 saturated carbocycles. The Hall–Kier alpha value is -2.27. The van der Waals surface area contributed by atoms with Gasteiger partial charge in [-0.3, -0.25) is 4.79 Å². The first kappa shape index (κ1) is 19.1. The molecule has 0 bridgehead atoms. The predicted molar refractivity (Wildman–Crippen MR) is 99.7 cm³/mol. The summed E-state index contributed by atoms with van der Waals surface area (Å²) in [6, 6.07) is 8.85. The van der Waals surface area contributed by atoms with E-state index in [-0.39, 0.29) is 12.0 Å². The molecule has 1 heterocycles. The van der Waals surface area contributed by atoms with Crippen molar-refractivity contribution in [2.45, 2.75) is 33.8 Å². The van der Waals surface area contributed by atoms with E-state index >= 15 is 0 Å². The van der Waals surface area contributed by atoms with E-state index in [9.17, 15) is 4.79 Å². The molecule has 1 aromatic heterocycles. The van der Waals surface area contributed by atoms with Crippen LogP contribution in [0.5, 0.6) is 11.6 Å². The molecule has 2 aromatic rings. The summed E-state index contributed by atoms with van der Waals surface area (Å²) < 4.78 is 11.2. The number of halogens is 1. The van der Waals surface area contributed by atoms with Crippen molar-refractivity contribution in [3.8, 4) is 11.6 Å². The molecule has 5 nitrogen and oxygen atoms in total. The van der Waals surface area contributed by atoms with Gasteiger partial charge >= 0.3 is 0 Å². The molecular formula is C19H23ClN2O3. The van der Waals surface area contributed by atoms with E-state index in [0.29, 0.717) is 40.4 Å². The molecule has 0 saturated heterocycles. The maximum Gasteiger partial charge on any atom is 0.257 e. The number of aromatic nitrogens is 1. The molecule has 1 N–H and O–H groups in total. The highest BCUT2D eigenvalue weighted by atomic mass is 35.5. The summed E-state index contributed by atoms with van der Waals surface area (Å²) in [5.74, 6) is 1.02. The molecule has 1 aromatic carbocycles. The fourth-order valence-electron chi connectivity index (χ4n) is 2.01. The predicted octanol–water partition coefficient (Wildman–Crippen LogP) is 4.81. The number of pyridine rings is 1. The third kappa shape index (κ3) is 5.64. The highest BCUT2D eigenvalue weighted by Gasteiger charge is 2.14. The number of para-hydroxylation sites is 2. The molecule has 6 heteroatoms. The molecule has 2 rings (SSSR count). The maximum atomic E-state index is 12.5. The highest BCUT2D eigenvalue weighted by molar-refractivity contribution is 6.32. The zero-order valence-electron chi connectivity index (χ0n) is 14.9. The molecule has 25 heavy (non-hydrogen) atoms. The van der Waals surface area contributed by atoms with Crippen LogP contribution in [0.15, 0.2) is 36.5 Å². The van der Waals surface area contributed by atoms with Crippen LogP contribution in [0.4, 0.5) is 5.69 Å². The van der Waals surface area contributed by atoms with E-state index in [1.165, 1.54) is 6.20 Å². The number of benzene rings is 1. The normalized spacial score (nSPS) is 10.8. The van der Waals surface area contributed by atoms with E-state index < -0.39 is 0 Å². The fourth-order valence-corrected chi connectivity index (χ4v) is 2.22. The fraction of sp³-hybridized carbons (Fsp3) is 0.368. The molecule has 0 aliphatic rings. The second-order valence-corrected chi connectivity index (χ2v) is 6.74. The van der Waals surface area contributed by atoms with Crippen LogP contribution >= 0.6 is 11.6 Å². The molecule has 134 valence electrons. The zero-order chi connectivity index (χ0) is 18.4. The second-order valence-electron chi connectivity index (χ2n) is 6.33. The third-order valence-electron chi connectivity index (χ3n) is 3.12. The molecule has 0 spiro atoms. The van der Waals surface area contributed by atoms with Crippen LogP contribution in [-0.4, -0.2) is 23.6 Å². The number of amides is 1. The minimum absolute atomic E-state index is 0.0466.